The molecule has 1 aliphatic heterocycles. The molecule has 3 nitrogen and oxygen atoms in total. The third-order valence-corrected chi connectivity index (χ3v) is 3.32. The number of nitrogens with one attached hydrogen (secondary N) is 1. The van der Waals surface area contributed by atoms with Gasteiger partial charge in [-0.1, -0.05) is 12.1 Å². The van der Waals surface area contributed by atoms with Gasteiger partial charge in [-0.15, -0.1) is 0 Å². The van der Waals surface area contributed by atoms with Crippen molar-refractivity contribution in [3.05, 3.63) is 29.3 Å². The molecule has 1 aromatic carbocycles. The van der Waals surface area contributed by atoms with Gasteiger partial charge in [0, 0.05) is 12.6 Å². The van der Waals surface area contributed by atoms with Crippen LogP contribution in [0.4, 0.5) is 0 Å². The minimum absolute atomic E-state index is 0.313. The fourth-order valence-corrected chi connectivity index (χ4v) is 2.31. The summed E-state index contributed by atoms with van der Waals surface area (Å²) < 4.78 is 5.61. The largest absolute Gasteiger partial charge is 0.493 e. The van der Waals surface area contributed by atoms with Gasteiger partial charge in [0.05, 0.1) is 6.61 Å². The summed E-state index contributed by atoms with van der Waals surface area (Å²) in [6.07, 6.45) is 4.52. The second-order valence-electron chi connectivity index (χ2n) is 5.19. The van der Waals surface area contributed by atoms with E-state index in [2.05, 4.69) is 30.4 Å². The molecule has 3 N–H and O–H groups in total. The van der Waals surface area contributed by atoms with Crippen LogP contribution in [-0.2, 0) is 13.0 Å². The molecule has 0 fully saturated rings. The molecule has 100 valence electrons. The lowest BCUT2D eigenvalue weighted by atomic mass is 10.0. The molecule has 0 radical (unpaired) electrons. The van der Waals surface area contributed by atoms with Crippen LogP contribution in [0.1, 0.15) is 37.3 Å². The fraction of sp³-hybridized carbons (Fsp3) is 0.600. The number of rotatable bonds is 6. The Kier molecular flexibility index (Phi) is 5.02. The molecule has 0 spiro atoms. The Morgan fingerprint density at radius 3 is 3.17 bits per heavy atom. The summed E-state index contributed by atoms with van der Waals surface area (Å²) >= 11 is 0. The summed E-state index contributed by atoms with van der Waals surface area (Å²) in [6, 6.07) is 6.84. The summed E-state index contributed by atoms with van der Waals surface area (Å²) in [4.78, 5) is 0. The van der Waals surface area contributed by atoms with Gasteiger partial charge in [0.1, 0.15) is 5.75 Å². The number of nitrogens with two attached hydrogens (primary N) is 1. The van der Waals surface area contributed by atoms with Crippen molar-refractivity contribution in [2.45, 2.75) is 45.2 Å². The second kappa shape index (κ2) is 6.76. The third-order valence-electron chi connectivity index (χ3n) is 3.32. The van der Waals surface area contributed by atoms with E-state index in [-0.39, 0.29) is 0 Å². The SMILES string of the molecule is CC(N)CCCNCc1ccc2c(c1)CCCO2. The maximum atomic E-state index is 5.72. The number of fused-ring (bicyclic) bond motifs is 1. The van der Waals surface area contributed by atoms with Gasteiger partial charge in [-0.3, -0.25) is 0 Å². The minimum atomic E-state index is 0.313. The number of ether oxygens (including phenoxy) is 1. The van der Waals surface area contributed by atoms with Gasteiger partial charge in [0.25, 0.3) is 0 Å². The van der Waals surface area contributed by atoms with Crippen molar-refractivity contribution in [2.24, 2.45) is 5.73 Å². The lowest BCUT2D eigenvalue weighted by Gasteiger charge is -2.18. The van der Waals surface area contributed by atoms with E-state index in [1.54, 1.807) is 0 Å². The molecular weight excluding hydrogens is 224 g/mol. The number of hydrogen-bond acceptors (Lipinski definition) is 3. The van der Waals surface area contributed by atoms with Gasteiger partial charge >= 0.3 is 0 Å². The zero-order chi connectivity index (χ0) is 12.8. The monoisotopic (exact) mass is 248 g/mol. The Morgan fingerprint density at radius 2 is 2.33 bits per heavy atom. The van der Waals surface area contributed by atoms with E-state index in [1.807, 2.05) is 0 Å². The van der Waals surface area contributed by atoms with E-state index >= 15 is 0 Å². The van der Waals surface area contributed by atoms with Gasteiger partial charge in [-0.2, -0.15) is 0 Å². The van der Waals surface area contributed by atoms with Crippen molar-refractivity contribution in [1.82, 2.24) is 5.32 Å². The van der Waals surface area contributed by atoms with E-state index in [4.69, 9.17) is 10.5 Å². The van der Waals surface area contributed by atoms with Crippen LogP contribution in [0, 0.1) is 0 Å². The first-order valence-electron chi connectivity index (χ1n) is 6.96. The van der Waals surface area contributed by atoms with Gasteiger partial charge < -0.3 is 15.8 Å². The third kappa shape index (κ3) is 4.00. The molecule has 2 rings (SSSR count). The van der Waals surface area contributed by atoms with Crippen LogP contribution in [0.5, 0.6) is 5.75 Å². The molecule has 0 aromatic heterocycles. The molecule has 3 heteroatoms. The Hall–Kier alpha value is -1.06. The highest BCUT2D eigenvalue weighted by Crippen LogP contribution is 2.25. The molecule has 18 heavy (non-hydrogen) atoms. The first kappa shape index (κ1) is 13.4. The standard InChI is InChI=1S/C15H24N2O/c1-12(16)4-2-8-17-11-13-6-7-15-14(10-13)5-3-9-18-15/h6-7,10,12,17H,2-5,8-9,11,16H2,1H3. The van der Waals surface area contributed by atoms with Crippen molar-refractivity contribution in [3.8, 4) is 5.75 Å². The fourth-order valence-electron chi connectivity index (χ4n) is 2.31. The van der Waals surface area contributed by atoms with Crippen LogP contribution < -0.4 is 15.8 Å². The summed E-state index contributed by atoms with van der Waals surface area (Å²) in [5, 5.41) is 3.47. The van der Waals surface area contributed by atoms with Gasteiger partial charge in [0.15, 0.2) is 0 Å². The van der Waals surface area contributed by atoms with Crippen LogP contribution in [0.25, 0.3) is 0 Å². The average molecular weight is 248 g/mol. The first-order chi connectivity index (χ1) is 8.75. The maximum Gasteiger partial charge on any atom is 0.122 e. The van der Waals surface area contributed by atoms with Gasteiger partial charge in [-0.25, -0.2) is 0 Å². The van der Waals surface area contributed by atoms with E-state index in [0.29, 0.717) is 6.04 Å². The molecular formula is C15H24N2O. The number of benzene rings is 1. The Labute approximate surface area is 110 Å². The van der Waals surface area contributed by atoms with Crippen LogP contribution >= 0.6 is 0 Å². The van der Waals surface area contributed by atoms with Crippen LogP contribution in [0.3, 0.4) is 0 Å². The predicted octanol–water partition coefficient (Wildman–Crippen LogP) is 2.23. The second-order valence-corrected chi connectivity index (χ2v) is 5.19. The Morgan fingerprint density at radius 1 is 1.44 bits per heavy atom. The van der Waals surface area contributed by atoms with E-state index < -0.39 is 0 Å². The maximum absolute atomic E-state index is 5.72. The predicted molar refractivity (Wildman–Crippen MR) is 74.8 cm³/mol. The van der Waals surface area contributed by atoms with E-state index in [0.717, 1.165) is 51.1 Å². The lowest BCUT2D eigenvalue weighted by molar-refractivity contribution is 0.288. The number of aryl methyl sites for hydroxylation is 1. The smallest absolute Gasteiger partial charge is 0.122 e. The van der Waals surface area contributed by atoms with E-state index in [9.17, 15) is 0 Å². The summed E-state index contributed by atoms with van der Waals surface area (Å²) in [7, 11) is 0. The van der Waals surface area contributed by atoms with Crippen LogP contribution in [0.15, 0.2) is 18.2 Å². The normalized spacial score (nSPS) is 15.9. The molecule has 1 aliphatic rings. The molecule has 0 bridgehead atoms. The highest BCUT2D eigenvalue weighted by Gasteiger charge is 2.10. The topological polar surface area (TPSA) is 47.3 Å². The summed E-state index contributed by atoms with van der Waals surface area (Å²) in [5.74, 6) is 1.07. The van der Waals surface area contributed by atoms with Crippen molar-refractivity contribution >= 4 is 0 Å². The van der Waals surface area contributed by atoms with Crippen molar-refractivity contribution in [1.29, 1.82) is 0 Å². The van der Waals surface area contributed by atoms with Crippen LogP contribution in [0.2, 0.25) is 0 Å². The summed E-state index contributed by atoms with van der Waals surface area (Å²) in [5.41, 5.74) is 8.43. The van der Waals surface area contributed by atoms with Crippen molar-refractivity contribution in [2.75, 3.05) is 13.2 Å². The molecule has 0 saturated heterocycles. The Bertz CT molecular complexity index is 377. The molecule has 1 heterocycles. The van der Waals surface area contributed by atoms with E-state index in [1.165, 1.54) is 11.1 Å². The quantitative estimate of drug-likeness (QED) is 0.759. The highest BCUT2D eigenvalue weighted by molar-refractivity contribution is 5.38. The van der Waals surface area contributed by atoms with Gasteiger partial charge in [0.2, 0.25) is 0 Å². The van der Waals surface area contributed by atoms with Gasteiger partial charge in [-0.05, 0) is 56.3 Å². The molecule has 1 atom stereocenters. The Balaban J connectivity index is 1.76. The first-order valence-corrected chi connectivity index (χ1v) is 6.96. The van der Waals surface area contributed by atoms with Crippen molar-refractivity contribution < 1.29 is 4.74 Å². The number of hydrogen-bond donors (Lipinski definition) is 2. The van der Waals surface area contributed by atoms with Crippen LogP contribution in [-0.4, -0.2) is 19.2 Å². The minimum Gasteiger partial charge on any atom is -0.493 e. The zero-order valence-corrected chi connectivity index (χ0v) is 11.2. The van der Waals surface area contributed by atoms with Crippen molar-refractivity contribution in [3.63, 3.8) is 0 Å². The summed E-state index contributed by atoms with van der Waals surface area (Å²) in [6.45, 7) is 4.90. The lowest BCUT2D eigenvalue weighted by Crippen LogP contribution is -2.20. The zero-order valence-electron chi connectivity index (χ0n) is 11.2. The molecule has 0 saturated carbocycles. The molecule has 0 aliphatic carbocycles. The molecule has 1 unspecified atom stereocenters. The highest BCUT2D eigenvalue weighted by atomic mass is 16.5. The average Bonchev–Trinajstić information content (AvgIpc) is 2.38. The molecule has 1 aromatic rings. The molecule has 0 amide bonds.